The van der Waals surface area contributed by atoms with Crippen molar-refractivity contribution in [1.82, 2.24) is 20.3 Å². The Balaban J connectivity index is 1.17. The molecule has 1 aromatic heterocycles. The molecule has 2 heterocycles. The monoisotopic (exact) mass is 395 g/mol. The first-order chi connectivity index (χ1) is 14.2. The van der Waals surface area contributed by atoms with E-state index in [0.717, 1.165) is 36.5 Å². The van der Waals surface area contributed by atoms with Gasteiger partial charge in [-0.3, -0.25) is 0 Å². The SMILES string of the molecule is Fc1ccc([C@@H]2C[C@H]2NCc2cn(-c3ccc(N4CCCC4)cc3)nn2)cc1F. The summed E-state index contributed by atoms with van der Waals surface area (Å²) < 4.78 is 28.3. The van der Waals surface area contributed by atoms with Crippen molar-refractivity contribution in [2.45, 2.75) is 37.8 Å². The van der Waals surface area contributed by atoms with Crippen LogP contribution in [0.15, 0.2) is 48.7 Å². The molecular weight excluding hydrogens is 372 g/mol. The standard InChI is InChI=1S/C22H23F2N5/c23-20-8-3-15(11-21(20)24)19-12-22(19)25-13-16-14-29(27-26-16)18-6-4-17(5-7-18)28-9-1-2-10-28/h3-8,11,14,19,22,25H,1-2,9-10,12-13H2/t19-,22+/m0/s1. The normalized spacial score (nSPS) is 21.0. The van der Waals surface area contributed by atoms with E-state index in [9.17, 15) is 8.78 Å². The molecule has 2 aromatic carbocycles. The third-order valence-electron chi connectivity index (χ3n) is 5.83. The number of hydrogen-bond donors (Lipinski definition) is 1. The summed E-state index contributed by atoms with van der Waals surface area (Å²) in [6.07, 6.45) is 5.36. The number of halogens is 2. The zero-order valence-electron chi connectivity index (χ0n) is 16.1. The summed E-state index contributed by atoms with van der Waals surface area (Å²) in [5.41, 5.74) is 3.93. The van der Waals surface area contributed by atoms with Gasteiger partial charge in [-0.2, -0.15) is 0 Å². The molecule has 1 saturated heterocycles. The van der Waals surface area contributed by atoms with Crippen molar-refractivity contribution in [2.24, 2.45) is 0 Å². The molecule has 5 nitrogen and oxygen atoms in total. The van der Waals surface area contributed by atoms with E-state index in [2.05, 4.69) is 44.8 Å². The second kappa shape index (κ2) is 7.55. The van der Waals surface area contributed by atoms with Gasteiger partial charge in [0.15, 0.2) is 11.6 Å². The summed E-state index contributed by atoms with van der Waals surface area (Å²) in [4.78, 5) is 2.40. The van der Waals surface area contributed by atoms with Gasteiger partial charge in [0.25, 0.3) is 0 Å². The fourth-order valence-corrected chi connectivity index (χ4v) is 4.06. The predicted octanol–water partition coefficient (Wildman–Crippen LogP) is 3.79. The Bertz CT molecular complexity index is 995. The number of benzene rings is 2. The predicted molar refractivity (Wildman–Crippen MR) is 107 cm³/mol. The van der Waals surface area contributed by atoms with Crippen LogP contribution in [0.5, 0.6) is 0 Å². The van der Waals surface area contributed by atoms with Gasteiger partial charge in [0.2, 0.25) is 0 Å². The highest BCUT2D eigenvalue weighted by atomic mass is 19.2. The molecule has 2 atom stereocenters. The Morgan fingerprint density at radius 3 is 2.48 bits per heavy atom. The molecule has 5 rings (SSSR count). The van der Waals surface area contributed by atoms with Crippen LogP contribution in [0, 0.1) is 11.6 Å². The Morgan fingerprint density at radius 1 is 0.966 bits per heavy atom. The highest BCUT2D eigenvalue weighted by molar-refractivity contribution is 5.51. The van der Waals surface area contributed by atoms with Crippen molar-refractivity contribution < 1.29 is 8.78 Å². The fraction of sp³-hybridized carbons (Fsp3) is 0.364. The molecule has 2 fully saturated rings. The third kappa shape index (κ3) is 3.87. The highest BCUT2D eigenvalue weighted by Crippen LogP contribution is 2.41. The van der Waals surface area contributed by atoms with Crippen molar-refractivity contribution >= 4 is 5.69 Å². The molecule has 0 spiro atoms. The van der Waals surface area contributed by atoms with Gasteiger partial charge >= 0.3 is 0 Å². The lowest BCUT2D eigenvalue weighted by Crippen LogP contribution is -2.17. The van der Waals surface area contributed by atoms with Gasteiger partial charge in [0.1, 0.15) is 0 Å². The first kappa shape index (κ1) is 18.2. The fourth-order valence-electron chi connectivity index (χ4n) is 4.06. The lowest BCUT2D eigenvalue weighted by Gasteiger charge is -2.17. The van der Waals surface area contributed by atoms with E-state index in [4.69, 9.17) is 0 Å². The van der Waals surface area contributed by atoms with Gasteiger partial charge in [-0.25, -0.2) is 13.5 Å². The van der Waals surface area contributed by atoms with E-state index >= 15 is 0 Å². The third-order valence-corrected chi connectivity index (χ3v) is 5.83. The Kier molecular flexibility index (Phi) is 4.75. The van der Waals surface area contributed by atoms with Crippen LogP contribution >= 0.6 is 0 Å². The van der Waals surface area contributed by atoms with Crippen molar-refractivity contribution in [3.8, 4) is 5.69 Å². The molecule has 1 aliphatic carbocycles. The Hall–Kier alpha value is -2.80. The van der Waals surface area contributed by atoms with Gasteiger partial charge in [-0.15, -0.1) is 5.10 Å². The number of aromatic nitrogens is 3. The Morgan fingerprint density at radius 2 is 1.72 bits per heavy atom. The van der Waals surface area contributed by atoms with Crippen LogP contribution in [0.4, 0.5) is 14.5 Å². The molecule has 0 bridgehead atoms. The smallest absolute Gasteiger partial charge is 0.159 e. The molecule has 1 N–H and O–H groups in total. The number of nitrogens with one attached hydrogen (secondary N) is 1. The maximum Gasteiger partial charge on any atom is 0.159 e. The van der Waals surface area contributed by atoms with Crippen LogP contribution in [0.1, 0.15) is 36.4 Å². The van der Waals surface area contributed by atoms with Crippen LogP contribution in [-0.2, 0) is 6.54 Å². The molecular formula is C22H23F2N5. The van der Waals surface area contributed by atoms with Crippen LogP contribution in [0.25, 0.3) is 5.69 Å². The van der Waals surface area contributed by atoms with E-state index < -0.39 is 11.6 Å². The maximum atomic E-state index is 13.4. The van der Waals surface area contributed by atoms with E-state index in [-0.39, 0.29) is 12.0 Å². The molecule has 1 saturated carbocycles. The molecule has 0 radical (unpaired) electrons. The molecule has 1 aliphatic heterocycles. The van der Waals surface area contributed by atoms with E-state index in [1.165, 1.54) is 30.7 Å². The van der Waals surface area contributed by atoms with Crippen molar-refractivity contribution in [2.75, 3.05) is 18.0 Å². The van der Waals surface area contributed by atoms with Crippen molar-refractivity contribution in [1.29, 1.82) is 0 Å². The van der Waals surface area contributed by atoms with Crippen LogP contribution in [0.3, 0.4) is 0 Å². The van der Waals surface area contributed by atoms with Crippen molar-refractivity contribution in [3.63, 3.8) is 0 Å². The minimum Gasteiger partial charge on any atom is -0.372 e. The molecule has 29 heavy (non-hydrogen) atoms. The summed E-state index contributed by atoms with van der Waals surface area (Å²) in [7, 11) is 0. The summed E-state index contributed by atoms with van der Waals surface area (Å²) in [6.45, 7) is 2.85. The molecule has 150 valence electrons. The summed E-state index contributed by atoms with van der Waals surface area (Å²) in [6, 6.07) is 12.8. The zero-order chi connectivity index (χ0) is 19.8. The lowest BCUT2D eigenvalue weighted by atomic mass is 10.1. The van der Waals surface area contributed by atoms with Gasteiger partial charge in [-0.05, 0) is 61.2 Å². The van der Waals surface area contributed by atoms with Crippen LogP contribution in [-0.4, -0.2) is 34.1 Å². The second-order valence-electron chi connectivity index (χ2n) is 7.87. The lowest BCUT2D eigenvalue weighted by molar-refractivity contribution is 0.506. The van der Waals surface area contributed by atoms with E-state index in [1.54, 1.807) is 10.7 Å². The molecule has 0 amide bonds. The average molecular weight is 395 g/mol. The number of anilines is 1. The van der Waals surface area contributed by atoms with E-state index in [0.29, 0.717) is 6.54 Å². The zero-order valence-corrected chi connectivity index (χ0v) is 16.1. The van der Waals surface area contributed by atoms with Gasteiger partial charge in [-0.1, -0.05) is 11.3 Å². The first-order valence-electron chi connectivity index (χ1n) is 10.1. The molecule has 0 unspecified atom stereocenters. The van der Waals surface area contributed by atoms with Crippen LogP contribution < -0.4 is 10.2 Å². The second-order valence-corrected chi connectivity index (χ2v) is 7.87. The summed E-state index contributed by atoms with van der Waals surface area (Å²) >= 11 is 0. The minimum atomic E-state index is -0.802. The topological polar surface area (TPSA) is 46.0 Å². The molecule has 3 aromatic rings. The summed E-state index contributed by atoms with van der Waals surface area (Å²) in [5, 5.41) is 11.9. The summed E-state index contributed by atoms with van der Waals surface area (Å²) in [5.74, 6) is -1.37. The highest BCUT2D eigenvalue weighted by Gasteiger charge is 2.38. The van der Waals surface area contributed by atoms with Gasteiger partial charge < -0.3 is 10.2 Å². The molecule has 2 aliphatic rings. The number of nitrogens with zero attached hydrogens (tertiary/aromatic N) is 4. The minimum absolute atomic E-state index is 0.221. The van der Waals surface area contributed by atoms with Gasteiger partial charge in [0, 0.05) is 37.3 Å². The largest absolute Gasteiger partial charge is 0.372 e. The van der Waals surface area contributed by atoms with Crippen molar-refractivity contribution in [3.05, 3.63) is 71.6 Å². The Labute approximate surface area is 168 Å². The van der Waals surface area contributed by atoms with Crippen LogP contribution in [0.2, 0.25) is 0 Å². The maximum absolute atomic E-state index is 13.4. The number of rotatable bonds is 6. The number of hydrogen-bond acceptors (Lipinski definition) is 4. The average Bonchev–Trinajstić information content (AvgIpc) is 3.11. The van der Waals surface area contributed by atoms with Gasteiger partial charge in [0.05, 0.1) is 17.6 Å². The van der Waals surface area contributed by atoms with E-state index in [1.807, 2.05) is 6.20 Å². The quantitative estimate of drug-likeness (QED) is 0.690. The molecule has 7 heteroatoms. The first-order valence-corrected chi connectivity index (χ1v) is 10.1.